The quantitative estimate of drug-likeness (QED) is 0.609. The molecule has 0 radical (unpaired) electrons. The number of ether oxygens (including phenoxy) is 1. The number of nitrogens with one attached hydrogen (secondary N) is 1. The van der Waals surface area contributed by atoms with Crippen molar-refractivity contribution in [1.29, 1.82) is 0 Å². The van der Waals surface area contributed by atoms with Gasteiger partial charge in [-0.1, -0.05) is 62.4 Å². The van der Waals surface area contributed by atoms with Gasteiger partial charge in [0.25, 0.3) is 0 Å². The molecule has 0 aromatic heterocycles. The molecular weight excluding hydrogens is 432 g/mol. The molecule has 1 heterocycles. The van der Waals surface area contributed by atoms with Gasteiger partial charge in [-0.2, -0.15) is 0 Å². The first-order valence-electron chi connectivity index (χ1n) is 12.0. The number of hydrogen-bond acceptors (Lipinski definition) is 4. The molecule has 1 saturated heterocycles. The molecule has 180 valence electrons. The molecule has 1 aliphatic carbocycles. The number of hydrogen-bond donors (Lipinski definition) is 2. The van der Waals surface area contributed by atoms with E-state index in [1.165, 1.54) is 11.1 Å². The molecule has 4 rings (SSSR count). The summed E-state index contributed by atoms with van der Waals surface area (Å²) in [7, 11) is 0. The summed E-state index contributed by atoms with van der Waals surface area (Å²) in [6.45, 7) is 4.78. The van der Waals surface area contributed by atoms with E-state index in [4.69, 9.17) is 4.74 Å². The molecule has 2 aromatic carbocycles. The molecule has 0 saturated carbocycles. The summed E-state index contributed by atoms with van der Waals surface area (Å²) in [4.78, 5) is 38.1. The van der Waals surface area contributed by atoms with Crippen LogP contribution in [0.2, 0.25) is 0 Å². The van der Waals surface area contributed by atoms with Crippen molar-refractivity contribution in [2.24, 2.45) is 11.8 Å². The highest BCUT2D eigenvalue weighted by Crippen LogP contribution is 2.44. The monoisotopic (exact) mass is 464 g/mol. The van der Waals surface area contributed by atoms with Crippen molar-refractivity contribution in [3.63, 3.8) is 0 Å². The topological polar surface area (TPSA) is 95.9 Å². The number of carbonyl (C=O) groups is 3. The number of nitrogens with zero attached hydrogens (tertiary/aromatic N) is 1. The predicted molar refractivity (Wildman–Crippen MR) is 128 cm³/mol. The second-order valence-electron chi connectivity index (χ2n) is 9.33. The standard InChI is InChI=1S/C27H32N2O5/c1-3-18(12-13-25(30)29-14-17(2)23(15-29)26(31)32)28-27(33)34-16-24-21-10-6-4-8-19(21)20-9-5-7-11-22(20)24/h4-11,17-18,23-24H,3,12-16H2,1-2H3,(H,28,33)(H,31,32)/t17-,18?,23-/m0/s1. The van der Waals surface area contributed by atoms with E-state index in [-0.39, 0.29) is 43.4 Å². The van der Waals surface area contributed by atoms with Crippen molar-refractivity contribution in [3.05, 3.63) is 59.7 Å². The van der Waals surface area contributed by atoms with Gasteiger partial charge in [0.1, 0.15) is 6.61 Å². The molecule has 3 atom stereocenters. The molecule has 1 aliphatic heterocycles. The summed E-state index contributed by atoms with van der Waals surface area (Å²) >= 11 is 0. The van der Waals surface area contributed by atoms with Gasteiger partial charge < -0.3 is 20.1 Å². The third kappa shape index (κ3) is 4.93. The summed E-state index contributed by atoms with van der Waals surface area (Å²) < 4.78 is 5.62. The Morgan fingerprint density at radius 3 is 2.24 bits per heavy atom. The summed E-state index contributed by atoms with van der Waals surface area (Å²) in [5, 5.41) is 12.2. The number of fused-ring (bicyclic) bond motifs is 3. The molecule has 2 aromatic rings. The van der Waals surface area contributed by atoms with E-state index in [1.54, 1.807) is 4.90 Å². The van der Waals surface area contributed by atoms with Gasteiger partial charge in [-0.05, 0) is 41.0 Å². The average Bonchev–Trinajstić information content (AvgIpc) is 3.38. The van der Waals surface area contributed by atoms with Gasteiger partial charge in [-0.15, -0.1) is 0 Å². The van der Waals surface area contributed by atoms with Crippen LogP contribution in [-0.4, -0.2) is 53.7 Å². The van der Waals surface area contributed by atoms with Crippen LogP contribution >= 0.6 is 0 Å². The Balaban J connectivity index is 1.28. The molecule has 1 unspecified atom stereocenters. The van der Waals surface area contributed by atoms with Gasteiger partial charge in [-0.3, -0.25) is 9.59 Å². The number of alkyl carbamates (subject to hydrolysis) is 1. The molecule has 7 nitrogen and oxygen atoms in total. The van der Waals surface area contributed by atoms with Gasteiger partial charge in [0.2, 0.25) is 5.91 Å². The lowest BCUT2D eigenvalue weighted by Gasteiger charge is -2.20. The highest BCUT2D eigenvalue weighted by atomic mass is 16.5. The van der Waals surface area contributed by atoms with Gasteiger partial charge >= 0.3 is 12.1 Å². The minimum absolute atomic E-state index is 0.000795. The number of amides is 2. The van der Waals surface area contributed by atoms with Crippen molar-refractivity contribution >= 4 is 18.0 Å². The van der Waals surface area contributed by atoms with E-state index in [1.807, 2.05) is 38.1 Å². The number of rotatable bonds is 8. The lowest BCUT2D eigenvalue weighted by molar-refractivity contribution is -0.142. The summed E-state index contributed by atoms with van der Waals surface area (Å²) in [6.07, 6.45) is 0.941. The van der Waals surface area contributed by atoms with Crippen molar-refractivity contribution in [1.82, 2.24) is 10.2 Å². The molecule has 34 heavy (non-hydrogen) atoms. The Kier molecular flexibility index (Phi) is 7.20. The van der Waals surface area contributed by atoms with Crippen LogP contribution in [0.3, 0.4) is 0 Å². The van der Waals surface area contributed by atoms with Gasteiger partial charge in [0, 0.05) is 31.5 Å². The Bertz CT molecular complexity index is 1020. The summed E-state index contributed by atoms with van der Waals surface area (Å²) in [6, 6.07) is 16.2. The van der Waals surface area contributed by atoms with E-state index in [2.05, 4.69) is 29.6 Å². The number of carboxylic acids is 1. The summed E-state index contributed by atoms with van der Waals surface area (Å²) in [5.74, 6) is -1.49. The SMILES string of the molecule is CCC(CCC(=O)N1C[C@H](C(=O)O)[C@@H](C)C1)NC(=O)OCC1c2ccccc2-c2ccccc21. The zero-order valence-electron chi connectivity index (χ0n) is 19.7. The molecule has 1 fully saturated rings. The van der Waals surface area contributed by atoms with Crippen LogP contribution in [0.4, 0.5) is 4.79 Å². The van der Waals surface area contributed by atoms with Crippen LogP contribution in [0.15, 0.2) is 48.5 Å². The number of carbonyl (C=O) groups excluding carboxylic acids is 2. The van der Waals surface area contributed by atoms with Gasteiger partial charge in [0.15, 0.2) is 0 Å². The Hall–Kier alpha value is -3.35. The molecule has 2 N–H and O–H groups in total. The zero-order chi connectivity index (χ0) is 24.2. The number of benzene rings is 2. The van der Waals surface area contributed by atoms with Crippen molar-refractivity contribution in [2.75, 3.05) is 19.7 Å². The largest absolute Gasteiger partial charge is 0.481 e. The Labute approximate surface area is 200 Å². The number of likely N-dealkylation sites (tertiary alicyclic amines) is 1. The minimum atomic E-state index is -0.855. The molecular formula is C27H32N2O5. The fourth-order valence-electron chi connectivity index (χ4n) is 5.13. The Morgan fingerprint density at radius 1 is 1.06 bits per heavy atom. The van der Waals surface area contributed by atoms with E-state index in [0.717, 1.165) is 11.1 Å². The fraction of sp³-hybridized carbons (Fsp3) is 0.444. The highest BCUT2D eigenvalue weighted by Gasteiger charge is 2.36. The van der Waals surface area contributed by atoms with E-state index in [0.29, 0.717) is 19.4 Å². The minimum Gasteiger partial charge on any atom is -0.481 e. The number of aliphatic carboxylic acids is 1. The van der Waals surface area contributed by atoms with Crippen LogP contribution in [0, 0.1) is 11.8 Å². The normalized spacial score (nSPS) is 19.9. The van der Waals surface area contributed by atoms with Gasteiger partial charge in [-0.25, -0.2) is 4.79 Å². The van der Waals surface area contributed by atoms with Crippen LogP contribution in [0.5, 0.6) is 0 Å². The van der Waals surface area contributed by atoms with E-state index < -0.39 is 18.0 Å². The van der Waals surface area contributed by atoms with Crippen LogP contribution in [0.1, 0.15) is 50.2 Å². The maximum Gasteiger partial charge on any atom is 0.407 e. The Morgan fingerprint density at radius 2 is 1.68 bits per heavy atom. The lowest BCUT2D eigenvalue weighted by Crippen LogP contribution is -2.37. The second-order valence-corrected chi connectivity index (χ2v) is 9.33. The molecule has 2 amide bonds. The van der Waals surface area contributed by atoms with E-state index >= 15 is 0 Å². The highest BCUT2D eigenvalue weighted by molar-refractivity contribution is 5.80. The predicted octanol–water partition coefficient (Wildman–Crippen LogP) is 4.26. The molecule has 0 spiro atoms. The van der Waals surface area contributed by atoms with Crippen molar-refractivity contribution in [2.45, 2.75) is 45.1 Å². The molecule has 7 heteroatoms. The first kappa shape index (κ1) is 23.8. The summed E-state index contributed by atoms with van der Waals surface area (Å²) in [5.41, 5.74) is 4.68. The van der Waals surface area contributed by atoms with Crippen LogP contribution in [-0.2, 0) is 14.3 Å². The maximum absolute atomic E-state index is 12.6. The third-order valence-electron chi connectivity index (χ3n) is 7.15. The average molecular weight is 465 g/mol. The molecule has 0 bridgehead atoms. The first-order valence-corrected chi connectivity index (χ1v) is 12.0. The smallest absolute Gasteiger partial charge is 0.407 e. The van der Waals surface area contributed by atoms with Crippen molar-refractivity contribution < 1.29 is 24.2 Å². The zero-order valence-corrected chi connectivity index (χ0v) is 19.7. The van der Waals surface area contributed by atoms with Gasteiger partial charge in [0.05, 0.1) is 5.92 Å². The van der Waals surface area contributed by atoms with Crippen molar-refractivity contribution in [3.8, 4) is 11.1 Å². The maximum atomic E-state index is 12.6. The molecule has 2 aliphatic rings. The first-order chi connectivity index (χ1) is 16.4. The third-order valence-corrected chi connectivity index (χ3v) is 7.15. The lowest BCUT2D eigenvalue weighted by atomic mass is 9.98. The van der Waals surface area contributed by atoms with Crippen LogP contribution < -0.4 is 5.32 Å². The van der Waals surface area contributed by atoms with Crippen LogP contribution in [0.25, 0.3) is 11.1 Å². The number of carboxylic acid groups (broad SMARTS) is 1. The fourth-order valence-corrected chi connectivity index (χ4v) is 5.13. The second kappa shape index (κ2) is 10.3. The van der Waals surface area contributed by atoms with E-state index in [9.17, 15) is 19.5 Å².